The molecule has 2 atom stereocenters. The van der Waals surface area contributed by atoms with Crippen molar-refractivity contribution >= 4 is 5.97 Å². The molecule has 0 aromatic heterocycles. The van der Waals surface area contributed by atoms with E-state index in [2.05, 4.69) is 56.4 Å². The lowest BCUT2D eigenvalue weighted by Gasteiger charge is -2.28. The van der Waals surface area contributed by atoms with Gasteiger partial charge in [-0.15, -0.1) is 0 Å². The highest BCUT2D eigenvalue weighted by atomic mass is 16.5. The first-order valence-electron chi connectivity index (χ1n) is 13.6. The number of esters is 1. The maximum Gasteiger partial charge on any atom is 0.315 e. The molecular weight excluding hydrogens is 482 g/mol. The molecule has 0 aliphatic rings. The number of carbonyl (C=O) groups is 1. The molecule has 0 saturated heterocycles. The van der Waals surface area contributed by atoms with Gasteiger partial charge in [-0.2, -0.15) is 0 Å². The lowest BCUT2D eigenvalue weighted by molar-refractivity contribution is -0.147. The second-order valence-corrected chi connectivity index (χ2v) is 11.0. The molecule has 0 aliphatic carbocycles. The lowest BCUT2D eigenvalue weighted by atomic mass is 9.82. The second kappa shape index (κ2) is 13.3. The van der Waals surface area contributed by atoms with Crippen LogP contribution in [0.1, 0.15) is 61.4 Å². The standard InChI is InChI=1S/C35H39NO3/c1-26(36-23-27-14-8-5-9-15-27)33(34(37)39-25-29-18-12-7-13-19-29)30-20-21-32(31(22-30)35(2,3)4)38-24-28-16-10-6-11-17-28/h5-22,26,33,36H,23-25H2,1-4H3. The molecule has 4 heteroatoms. The van der Waals surface area contributed by atoms with Crippen LogP contribution in [-0.2, 0) is 34.7 Å². The van der Waals surface area contributed by atoms with Crippen molar-refractivity contribution in [3.8, 4) is 5.75 Å². The van der Waals surface area contributed by atoms with Gasteiger partial charge >= 0.3 is 5.97 Å². The van der Waals surface area contributed by atoms with Gasteiger partial charge in [-0.25, -0.2) is 0 Å². The minimum absolute atomic E-state index is 0.155. The van der Waals surface area contributed by atoms with Crippen LogP contribution in [0.2, 0.25) is 0 Å². The maximum absolute atomic E-state index is 13.6. The highest BCUT2D eigenvalue weighted by Crippen LogP contribution is 2.36. The average molecular weight is 522 g/mol. The minimum Gasteiger partial charge on any atom is -0.489 e. The molecule has 0 aliphatic heterocycles. The molecular formula is C35H39NO3. The zero-order chi connectivity index (χ0) is 27.7. The summed E-state index contributed by atoms with van der Waals surface area (Å²) < 4.78 is 12.2. The van der Waals surface area contributed by atoms with Crippen molar-refractivity contribution < 1.29 is 14.3 Å². The van der Waals surface area contributed by atoms with Crippen LogP contribution in [0.5, 0.6) is 5.75 Å². The zero-order valence-electron chi connectivity index (χ0n) is 23.4. The fourth-order valence-corrected chi connectivity index (χ4v) is 4.63. The molecule has 0 heterocycles. The Balaban J connectivity index is 1.60. The van der Waals surface area contributed by atoms with Gasteiger partial charge in [0, 0.05) is 12.6 Å². The van der Waals surface area contributed by atoms with Gasteiger partial charge in [0.05, 0.1) is 5.92 Å². The van der Waals surface area contributed by atoms with E-state index in [1.807, 2.05) is 85.8 Å². The van der Waals surface area contributed by atoms with Crippen LogP contribution in [0, 0.1) is 0 Å². The summed E-state index contributed by atoms with van der Waals surface area (Å²) in [5, 5.41) is 3.56. The predicted octanol–water partition coefficient (Wildman–Crippen LogP) is 7.57. The van der Waals surface area contributed by atoms with E-state index in [4.69, 9.17) is 9.47 Å². The summed E-state index contributed by atoms with van der Waals surface area (Å²) in [4.78, 5) is 13.6. The van der Waals surface area contributed by atoms with Crippen LogP contribution in [0.4, 0.5) is 0 Å². The van der Waals surface area contributed by atoms with Gasteiger partial charge in [-0.05, 0) is 46.2 Å². The molecule has 1 N–H and O–H groups in total. The Bertz CT molecular complexity index is 1310. The Hall–Kier alpha value is -3.89. The van der Waals surface area contributed by atoms with Crippen molar-refractivity contribution in [3.63, 3.8) is 0 Å². The van der Waals surface area contributed by atoms with Gasteiger partial charge in [-0.1, -0.05) is 124 Å². The Morgan fingerprint density at radius 1 is 0.744 bits per heavy atom. The van der Waals surface area contributed by atoms with Crippen LogP contribution in [-0.4, -0.2) is 12.0 Å². The third kappa shape index (κ3) is 8.05. The van der Waals surface area contributed by atoms with Crippen molar-refractivity contribution in [2.75, 3.05) is 0 Å². The first-order chi connectivity index (χ1) is 18.8. The van der Waals surface area contributed by atoms with Gasteiger partial charge in [0.1, 0.15) is 19.0 Å². The SMILES string of the molecule is CC(NCc1ccccc1)C(C(=O)OCc1ccccc1)c1ccc(OCc2ccccc2)c(C(C)(C)C)c1. The number of nitrogens with one attached hydrogen (secondary N) is 1. The highest BCUT2D eigenvalue weighted by Gasteiger charge is 2.31. The van der Waals surface area contributed by atoms with Crippen molar-refractivity contribution in [1.82, 2.24) is 5.32 Å². The van der Waals surface area contributed by atoms with E-state index in [0.717, 1.165) is 28.0 Å². The summed E-state index contributed by atoms with van der Waals surface area (Å²) >= 11 is 0. The fourth-order valence-electron chi connectivity index (χ4n) is 4.63. The second-order valence-electron chi connectivity index (χ2n) is 11.0. The van der Waals surface area contributed by atoms with Gasteiger partial charge in [0.25, 0.3) is 0 Å². The average Bonchev–Trinajstić information content (AvgIpc) is 2.95. The largest absolute Gasteiger partial charge is 0.489 e. The third-order valence-corrected chi connectivity index (χ3v) is 6.86. The molecule has 202 valence electrons. The van der Waals surface area contributed by atoms with Crippen molar-refractivity contribution in [3.05, 3.63) is 137 Å². The number of hydrogen-bond donors (Lipinski definition) is 1. The van der Waals surface area contributed by atoms with Gasteiger partial charge < -0.3 is 14.8 Å². The summed E-state index contributed by atoms with van der Waals surface area (Å²) in [6.07, 6.45) is 0. The minimum atomic E-state index is -0.485. The smallest absolute Gasteiger partial charge is 0.315 e. The van der Waals surface area contributed by atoms with Crippen LogP contribution in [0.25, 0.3) is 0 Å². The molecule has 0 spiro atoms. The van der Waals surface area contributed by atoms with Crippen molar-refractivity contribution in [2.24, 2.45) is 0 Å². The van der Waals surface area contributed by atoms with E-state index in [-0.39, 0.29) is 24.0 Å². The van der Waals surface area contributed by atoms with Crippen molar-refractivity contribution in [2.45, 2.75) is 64.8 Å². The zero-order valence-corrected chi connectivity index (χ0v) is 23.4. The van der Waals surface area contributed by atoms with E-state index < -0.39 is 5.92 Å². The van der Waals surface area contributed by atoms with E-state index in [0.29, 0.717) is 13.2 Å². The van der Waals surface area contributed by atoms with Crippen LogP contribution in [0.3, 0.4) is 0 Å². The molecule has 0 amide bonds. The molecule has 4 aromatic carbocycles. The Morgan fingerprint density at radius 3 is 1.85 bits per heavy atom. The maximum atomic E-state index is 13.6. The first-order valence-corrected chi connectivity index (χ1v) is 13.6. The number of ether oxygens (including phenoxy) is 2. The molecule has 4 rings (SSSR count). The summed E-state index contributed by atoms with van der Waals surface area (Å²) in [6, 6.07) is 36.1. The third-order valence-electron chi connectivity index (χ3n) is 6.86. The molecule has 4 nitrogen and oxygen atoms in total. The molecule has 0 fully saturated rings. The van der Waals surface area contributed by atoms with E-state index in [1.54, 1.807) is 0 Å². The lowest BCUT2D eigenvalue weighted by Crippen LogP contribution is -2.37. The number of benzene rings is 4. The van der Waals surface area contributed by atoms with E-state index >= 15 is 0 Å². The number of rotatable bonds is 11. The van der Waals surface area contributed by atoms with E-state index in [9.17, 15) is 4.79 Å². The predicted molar refractivity (Wildman–Crippen MR) is 158 cm³/mol. The summed E-state index contributed by atoms with van der Waals surface area (Å²) in [5.41, 5.74) is 5.05. The summed E-state index contributed by atoms with van der Waals surface area (Å²) in [6.45, 7) is 9.94. The Kier molecular flexibility index (Phi) is 9.56. The molecule has 2 unspecified atom stereocenters. The molecule has 4 aromatic rings. The first kappa shape index (κ1) is 28.1. The fraction of sp³-hybridized carbons (Fsp3) is 0.286. The Labute approximate surface area is 233 Å². The van der Waals surface area contributed by atoms with Crippen LogP contribution >= 0.6 is 0 Å². The van der Waals surface area contributed by atoms with Gasteiger partial charge in [-0.3, -0.25) is 4.79 Å². The summed E-state index contributed by atoms with van der Waals surface area (Å²) in [7, 11) is 0. The van der Waals surface area contributed by atoms with Crippen LogP contribution < -0.4 is 10.1 Å². The summed E-state index contributed by atoms with van der Waals surface area (Å²) in [5.74, 6) is 0.0998. The molecule has 0 radical (unpaired) electrons. The normalized spacial score (nSPS) is 12.9. The quantitative estimate of drug-likeness (QED) is 0.207. The van der Waals surface area contributed by atoms with Gasteiger partial charge in [0.15, 0.2) is 0 Å². The van der Waals surface area contributed by atoms with E-state index in [1.165, 1.54) is 5.56 Å². The van der Waals surface area contributed by atoms with Crippen molar-refractivity contribution in [1.29, 1.82) is 0 Å². The topological polar surface area (TPSA) is 47.6 Å². The van der Waals surface area contributed by atoms with Gasteiger partial charge in [0.2, 0.25) is 0 Å². The monoisotopic (exact) mass is 521 g/mol. The number of hydrogen-bond acceptors (Lipinski definition) is 4. The molecule has 0 bridgehead atoms. The highest BCUT2D eigenvalue weighted by molar-refractivity contribution is 5.79. The molecule has 0 saturated carbocycles. The Morgan fingerprint density at radius 2 is 1.28 bits per heavy atom. The number of carbonyl (C=O) groups excluding carboxylic acids is 1. The van der Waals surface area contributed by atoms with Crippen LogP contribution in [0.15, 0.2) is 109 Å². The molecule has 39 heavy (non-hydrogen) atoms.